The molecule has 2 aromatic rings. The zero-order chi connectivity index (χ0) is 15.4. The Kier molecular flexibility index (Phi) is 5.46. The second-order valence-corrected chi connectivity index (χ2v) is 6.26. The lowest BCUT2D eigenvalue weighted by Crippen LogP contribution is -2.00. The zero-order valence-corrected chi connectivity index (χ0v) is 14.8. The summed E-state index contributed by atoms with van der Waals surface area (Å²) in [6.45, 7) is 6.54. The lowest BCUT2D eigenvalue weighted by molar-refractivity contribution is 0.410. The number of hydrogen-bond donors (Lipinski definition) is 0. The summed E-state index contributed by atoms with van der Waals surface area (Å²) in [5.41, 5.74) is 6.59. The van der Waals surface area contributed by atoms with Gasteiger partial charge in [-0.2, -0.15) is 0 Å². The Bertz CT molecular complexity index is 619. The summed E-state index contributed by atoms with van der Waals surface area (Å²) in [6, 6.07) is 13.1. The van der Waals surface area contributed by atoms with Gasteiger partial charge in [0.2, 0.25) is 0 Å². The minimum Gasteiger partial charge on any atom is -0.496 e. The fourth-order valence-electron chi connectivity index (χ4n) is 2.71. The maximum Gasteiger partial charge on any atom is 0.123 e. The van der Waals surface area contributed by atoms with Gasteiger partial charge in [0.25, 0.3) is 0 Å². The van der Waals surface area contributed by atoms with Gasteiger partial charge < -0.3 is 4.74 Å². The molecular weight excluding hydrogens is 324 g/mol. The van der Waals surface area contributed by atoms with Gasteiger partial charge in [0.1, 0.15) is 5.75 Å². The van der Waals surface area contributed by atoms with Crippen LogP contribution < -0.4 is 4.74 Å². The van der Waals surface area contributed by atoms with E-state index < -0.39 is 0 Å². The lowest BCUT2D eigenvalue weighted by atomic mass is 9.96. The average Bonchev–Trinajstić information content (AvgIpc) is 2.53. The van der Waals surface area contributed by atoms with Gasteiger partial charge in [-0.1, -0.05) is 65.7 Å². The molecule has 2 aromatic carbocycles. The summed E-state index contributed by atoms with van der Waals surface area (Å²) in [5.74, 6) is 0.931. The first-order chi connectivity index (χ1) is 10.1. The van der Waals surface area contributed by atoms with E-state index in [9.17, 15) is 0 Å². The van der Waals surface area contributed by atoms with Gasteiger partial charge in [0.15, 0.2) is 0 Å². The van der Waals surface area contributed by atoms with Crippen LogP contribution in [0.2, 0.25) is 0 Å². The van der Waals surface area contributed by atoms with Crippen molar-refractivity contribution >= 4 is 15.9 Å². The maximum atomic E-state index is 5.51. The highest BCUT2D eigenvalue weighted by atomic mass is 79.9. The second-order valence-electron chi connectivity index (χ2n) is 5.34. The highest BCUT2D eigenvalue weighted by Crippen LogP contribution is 2.37. The average molecular weight is 347 g/mol. The molecule has 0 N–H and O–H groups in total. The van der Waals surface area contributed by atoms with Crippen LogP contribution in [-0.4, -0.2) is 7.11 Å². The highest BCUT2D eigenvalue weighted by molar-refractivity contribution is 9.09. The molecule has 0 fully saturated rings. The monoisotopic (exact) mass is 346 g/mol. The van der Waals surface area contributed by atoms with E-state index in [0.29, 0.717) is 0 Å². The number of halogens is 1. The number of hydrogen-bond acceptors (Lipinski definition) is 1. The summed E-state index contributed by atoms with van der Waals surface area (Å²) in [7, 11) is 1.73. The third-order valence-corrected chi connectivity index (χ3v) is 4.96. The van der Waals surface area contributed by atoms with Crippen LogP contribution in [0.4, 0.5) is 0 Å². The molecule has 112 valence electrons. The van der Waals surface area contributed by atoms with Gasteiger partial charge in [0.05, 0.1) is 11.9 Å². The van der Waals surface area contributed by atoms with Crippen LogP contribution in [-0.2, 0) is 12.8 Å². The molecule has 21 heavy (non-hydrogen) atoms. The van der Waals surface area contributed by atoms with Crippen molar-refractivity contribution in [3.8, 4) is 5.75 Å². The molecule has 0 heterocycles. The fourth-order valence-corrected chi connectivity index (χ4v) is 3.35. The number of aryl methyl sites for hydroxylation is 3. The Labute approximate surface area is 136 Å². The van der Waals surface area contributed by atoms with E-state index in [2.05, 4.69) is 67.0 Å². The molecule has 0 saturated heterocycles. The van der Waals surface area contributed by atoms with Gasteiger partial charge in [-0.3, -0.25) is 0 Å². The van der Waals surface area contributed by atoms with Crippen molar-refractivity contribution in [2.75, 3.05) is 7.11 Å². The van der Waals surface area contributed by atoms with E-state index in [1.54, 1.807) is 7.11 Å². The third kappa shape index (κ3) is 3.49. The van der Waals surface area contributed by atoms with E-state index in [4.69, 9.17) is 4.74 Å². The molecule has 2 rings (SSSR count). The molecule has 0 spiro atoms. The molecule has 0 radical (unpaired) electrons. The zero-order valence-electron chi connectivity index (χ0n) is 13.2. The number of benzene rings is 2. The molecule has 0 bridgehead atoms. The van der Waals surface area contributed by atoms with E-state index in [1.807, 2.05) is 6.07 Å². The van der Waals surface area contributed by atoms with Crippen molar-refractivity contribution in [1.29, 1.82) is 0 Å². The standard InChI is InChI=1S/C19H23BrO/c1-5-14-8-9-16(12-15(14)6-2)19(20)17-11-13(3)7-10-18(17)21-4/h7-12,19H,5-6H2,1-4H3. The third-order valence-electron chi connectivity index (χ3n) is 3.94. The smallest absolute Gasteiger partial charge is 0.123 e. The molecule has 1 nitrogen and oxygen atoms in total. The lowest BCUT2D eigenvalue weighted by Gasteiger charge is -2.17. The summed E-state index contributed by atoms with van der Waals surface area (Å²) in [5, 5.41) is 0. The second kappa shape index (κ2) is 7.13. The van der Waals surface area contributed by atoms with Crippen LogP contribution in [0, 0.1) is 6.92 Å². The first kappa shape index (κ1) is 16.1. The molecule has 0 aliphatic carbocycles. The van der Waals surface area contributed by atoms with Crippen molar-refractivity contribution in [3.05, 3.63) is 64.2 Å². The van der Waals surface area contributed by atoms with Crippen molar-refractivity contribution < 1.29 is 4.74 Å². The van der Waals surface area contributed by atoms with E-state index in [1.165, 1.54) is 27.8 Å². The van der Waals surface area contributed by atoms with Crippen LogP contribution in [0.25, 0.3) is 0 Å². The summed E-state index contributed by atoms with van der Waals surface area (Å²) in [6.07, 6.45) is 2.16. The fraction of sp³-hybridized carbons (Fsp3) is 0.368. The van der Waals surface area contributed by atoms with Gasteiger partial charge in [0, 0.05) is 5.56 Å². The Morgan fingerprint density at radius 3 is 2.33 bits per heavy atom. The molecule has 1 atom stereocenters. The Morgan fingerprint density at radius 2 is 1.71 bits per heavy atom. The Balaban J connectivity index is 2.44. The molecular formula is C19H23BrO. The van der Waals surface area contributed by atoms with Crippen LogP contribution >= 0.6 is 15.9 Å². The van der Waals surface area contributed by atoms with Crippen LogP contribution in [0.3, 0.4) is 0 Å². The summed E-state index contributed by atoms with van der Waals surface area (Å²) in [4.78, 5) is 0.156. The quantitative estimate of drug-likeness (QED) is 0.639. The maximum absolute atomic E-state index is 5.51. The first-order valence-electron chi connectivity index (χ1n) is 7.51. The van der Waals surface area contributed by atoms with Gasteiger partial charge >= 0.3 is 0 Å². The van der Waals surface area contributed by atoms with Gasteiger partial charge in [-0.05, 0) is 42.5 Å². The number of ether oxygens (including phenoxy) is 1. The Morgan fingerprint density at radius 1 is 1.00 bits per heavy atom. The molecule has 1 unspecified atom stereocenters. The number of methoxy groups -OCH3 is 1. The minimum absolute atomic E-state index is 0.156. The largest absolute Gasteiger partial charge is 0.496 e. The molecule has 0 amide bonds. The molecule has 2 heteroatoms. The van der Waals surface area contributed by atoms with Crippen molar-refractivity contribution in [1.82, 2.24) is 0 Å². The number of rotatable bonds is 5. The van der Waals surface area contributed by atoms with E-state index >= 15 is 0 Å². The molecule has 0 aliphatic rings. The van der Waals surface area contributed by atoms with Crippen molar-refractivity contribution in [3.63, 3.8) is 0 Å². The number of alkyl halides is 1. The summed E-state index contributed by atoms with van der Waals surface area (Å²) < 4.78 is 5.51. The molecule has 0 aromatic heterocycles. The van der Waals surface area contributed by atoms with Gasteiger partial charge in [-0.15, -0.1) is 0 Å². The predicted molar refractivity (Wildman–Crippen MR) is 93.7 cm³/mol. The van der Waals surface area contributed by atoms with Crippen molar-refractivity contribution in [2.24, 2.45) is 0 Å². The van der Waals surface area contributed by atoms with E-state index in [-0.39, 0.29) is 4.83 Å². The topological polar surface area (TPSA) is 9.23 Å². The summed E-state index contributed by atoms with van der Waals surface area (Å²) >= 11 is 3.85. The highest BCUT2D eigenvalue weighted by Gasteiger charge is 2.16. The van der Waals surface area contributed by atoms with Crippen LogP contribution in [0.15, 0.2) is 36.4 Å². The molecule has 0 aliphatic heterocycles. The van der Waals surface area contributed by atoms with E-state index in [0.717, 1.165) is 18.6 Å². The minimum atomic E-state index is 0.156. The van der Waals surface area contributed by atoms with Crippen LogP contribution in [0.5, 0.6) is 5.75 Å². The van der Waals surface area contributed by atoms with Crippen molar-refractivity contribution in [2.45, 2.75) is 38.4 Å². The van der Waals surface area contributed by atoms with Gasteiger partial charge in [-0.25, -0.2) is 0 Å². The normalized spacial score (nSPS) is 12.2. The van der Waals surface area contributed by atoms with Crippen LogP contribution in [0.1, 0.15) is 46.5 Å². The Hall–Kier alpha value is -1.28. The molecule has 0 saturated carbocycles. The predicted octanol–water partition coefficient (Wildman–Crippen LogP) is 5.61. The SMILES string of the molecule is CCc1ccc(C(Br)c2cc(C)ccc2OC)cc1CC. The first-order valence-corrected chi connectivity index (χ1v) is 8.42.